The molecule has 1 rings (SSSR count). The minimum absolute atomic E-state index is 0.613. The lowest BCUT2D eigenvalue weighted by molar-refractivity contribution is 0.185. The van der Waals surface area contributed by atoms with E-state index in [9.17, 15) is 0 Å². The van der Waals surface area contributed by atoms with Gasteiger partial charge in [0.1, 0.15) is 0 Å². The van der Waals surface area contributed by atoms with E-state index in [1.54, 1.807) is 7.11 Å². The van der Waals surface area contributed by atoms with Gasteiger partial charge in [-0.15, -0.1) is 11.3 Å². The molecule has 0 unspecified atom stereocenters. The number of thiophene rings is 1. The number of methoxy groups -OCH3 is 1. The van der Waals surface area contributed by atoms with Gasteiger partial charge in [-0.2, -0.15) is 0 Å². The van der Waals surface area contributed by atoms with Crippen molar-refractivity contribution in [2.45, 2.75) is 6.61 Å². The zero-order valence-corrected chi connectivity index (χ0v) is 6.63. The lowest BCUT2D eigenvalue weighted by Crippen LogP contribution is -1.82. The van der Waals surface area contributed by atoms with Crippen molar-refractivity contribution in [2.24, 2.45) is 0 Å². The Labute approximate surface area is 63.2 Å². The third-order valence-electron chi connectivity index (χ3n) is 0.993. The predicted octanol–water partition coefficient (Wildman–Crippen LogP) is 2.55. The summed E-state index contributed by atoms with van der Waals surface area (Å²) in [4.78, 5) is 0. The van der Waals surface area contributed by atoms with Gasteiger partial charge in [-0.1, -0.05) is 11.6 Å². The first-order valence-electron chi connectivity index (χ1n) is 2.55. The van der Waals surface area contributed by atoms with Crippen molar-refractivity contribution in [2.75, 3.05) is 7.11 Å². The summed E-state index contributed by atoms with van der Waals surface area (Å²) in [6.07, 6.45) is 0. The van der Waals surface area contributed by atoms with Crippen molar-refractivity contribution in [3.63, 3.8) is 0 Å². The van der Waals surface area contributed by atoms with Crippen molar-refractivity contribution in [3.8, 4) is 0 Å². The van der Waals surface area contributed by atoms with E-state index in [1.807, 2.05) is 11.4 Å². The summed E-state index contributed by atoms with van der Waals surface area (Å²) in [6.45, 7) is 0.613. The standard InChI is InChI=1S/C6H7ClOS/c1-8-4-5-2-3-9-6(5)7/h2-3H,4H2,1H3. The van der Waals surface area contributed by atoms with Crippen molar-refractivity contribution in [1.29, 1.82) is 0 Å². The molecule has 0 saturated heterocycles. The lowest BCUT2D eigenvalue weighted by atomic mass is 10.4. The van der Waals surface area contributed by atoms with Crippen LogP contribution in [-0.2, 0) is 11.3 Å². The number of hydrogen-bond acceptors (Lipinski definition) is 2. The zero-order valence-electron chi connectivity index (χ0n) is 5.06. The molecule has 0 fully saturated rings. The van der Waals surface area contributed by atoms with Gasteiger partial charge in [0.05, 0.1) is 10.9 Å². The quantitative estimate of drug-likeness (QED) is 0.650. The molecule has 1 aromatic rings. The fourth-order valence-corrected chi connectivity index (χ4v) is 1.48. The third kappa shape index (κ3) is 1.68. The fraction of sp³-hybridized carbons (Fsp3) is 0.333. The summed E-state index contributed by atoms with van der Waals surface area (Å²) < 4.78 is 5.72. The van der Waals surface area contributed by atoms with Crippen LogP contribution in [0.5, 0.6) is 0 Å². The fourth-order valence-electron chi connectivity index (χ4n) is 0.577. The second-order valence-electron chi connectivity index (χ2n) is 1.65. The van der Waals surface area contributed by atoms with Gasteiger partial charge in [-0.3, -0.25) is 0 Å². The van der Waals surface area contributed by atoms with Crippen LogP contribution in [0.1, 0.15) is 5.56 Å². The highest BCUT2D eigenvalue weighted by atomic mass is 35.5. The normalized spacial score (nSPS) is 10.0. The molecule has 9 heavy (non-hydrogen) atoms. The summed E-state index contributed by atoms with van der Waals surface area (Å²) in [6, 6.07) is 1.97. The van der Waals surface area contributed by atoms with Gasteiger partial charge in [0.25, 0.3) is 0 Å². The number of ether oxygens (including phenoxy) is 1. The highest BCUT2D eigenvalue weighted by molar-refractivity contribution is 7.14. The molecule has 50 valence electrons. The minimum Gasteiger partial charge on any atom is -0.380 e. The van der Waals surface area contributed by atoms with Gasteiger partial charge in [0.15, 0.2) is 0 Å². The maximum Gasteiger partial charge on any atom is 0.0983 e. The Balaban J connectivity index is 2.69. The van der Waals surface area contributed by atoms with Crippen LogP contribution in [0.15, 0.2) is 11.4 Å². The SMILES string of the molecule is COCc1ccsc1Cl. The zero-order chi connectivity index (χ0) is 6.69. The molecule has 1 aromatic heterocycles. The summed E-state index contributed by atoms with van der Waals surface area (Å²) in [5, 5.41) is 1.96. The van der Waals surface area contributed by atoms with E-state index in [-0.39, 0.29) is 0 Å². The smallest absolute Gasteiger partial charge is 0.0983 e. The summed E-state index contributed by atoms with van der Waals surface area (Å²) >= 11 is 7.29. The molecule has 0 aromatic carbocycles. The van der Waals surface area contributed by atoms with E-state index in [0.717, 1.165) is 9.90 Å². The summed E-state index contributed by atoms with van der Waals surface area (Å²) in [5.74, 6) is 0. The van der Waals surface area contributed by atoms with Gasteiger partial charge in [0.2, 0.25) is 0 Å². The van der Waals surface area contributed by atoms with Crippen LogP contribution < -0.4 is 0 Å². The van der Waals surface area contributed by atoms with Crippen molar-refractivity contribution in [3.05, 3.63) is 21.3 Å². The molecule has 1 nitrogen and oxygen atoms in total. The highest BCUT2D eigenvalue weighted by Crippen LogP contribution is 2.22. The van der Waals surface area contributed by atoms with Crippen LogP contribution in [0.2, 0.25) is 4.34 Å². The molecule has 0 aliphatic rings. The molecule has 0 aliphatic heterocycles. The van der Waals surface area contributed by atoms with Crippen LogP contribution >= 0.6 is 22.9 Å². The van der Waals surface area contributed by atoms with Gasteiger partial charge < -0.3 is 4.74 Å². The van der Waals surface area contributed by atoms with E-state index in [2.05, 4.69) is 0 Å². The van der Waals surface area contributed by atoms with Crippen LogP contribution in [0.4, 0.5) is 0 Å². The summed E-state index contributed by atoms with van der Waals surface area (Å²) in [7, 11) is 1.66. The first kappa shape index (κ1) is 7.06. The maximum atomic E-state index is 5.76. The second kappa shape index (κ2) is 3.20. The van der Waals surface area contributed by atoms with Crippen LogP contribution in [0.25, 0.3) is 0 Å². The molecule has 0 radical (unpaired) electrons. The average Bonchev–Trinajstić information content (AvgIpc) is 2.18. The molecule has 0 saturated carbocycles. The molecule has 0 spiro atoms. The second-order valence-corrected chi connectivity index (χ2v) is 3.17. The average molecular weight is 163 g/mol. The van der Waals surface area contributed by atoms with E-state index in [0.29, 0.717) is 6.61 Å². The Morgan fingerprint density at radius 1 is 1.78 bits per heavy atom. The van der Waals surface area contributed by atoms with Crippen molar-refractivity contribution >= 4 is 22.9 Å². The molecular formula is C6H7ClOS. The largest absolute Gasteiger partial charge is 0.380 e. The number of hydrogen-bond donors (Lipinski definition) is 0. The van der Waals surface area contributed by atoms with E-state index >= 15 is 0 Å². The van der Waals surface area contributed by atoms with E-state index < -0.39 is 0 Å². The Kier molecular flexibility index (Phi) is 2.51. The molecule has 0 atom stereocenters. The first-order valence-corrected chi connectivity index (χ1v) is 3.81. The first-order chi connectivity index (χ1) is 4.34. The lowest BCUT2D eigenvalue weighted by Gasteiger charge is -1.92. The minimum atomic E-state index is 0.613. The van der Waals surface area contributed by atoms with Crippen molar-refractivity contribution in [1.82, 2.24) is 0 Å². The molecule has 0 aliphatic carbocycles. The molecule has 3 heteroatoms. The molecule has 0 N–H and O–H groups in total. The highest BCUT2D eigenvalue weighted by Gasteiger charge is 1.97. The van der Waals surface area contributed by atoms with E-state index in [1.165, 1.54) is 11.3 Å². The Morgan fingerprint density at radius 2 is 2.56 bits per heavy atom. The maximum absolute atomic E-state index is 5.76. The van der Waals surface area contributed by atoms with Gasteiger partial charge in [-0.25, -0.2) is 0 Å². The van der Waals surface area contributed by atoms with Crippen LogP contribution in [0.3, 0.4) is 0 Å². The molecule has 1 heterocycles. The monoisotopic (exact) mass is 162 g/mol. The summed E-state index contributed by atoms with van der Waals surface area (Å²) in [5.41, 5.74) is 1.07. The predicted molar refractivity (Wildman–Crippen MR) is 40.0 cm³/mol. The topological polar surface area (TPSA) is 9.23 Å². The Morgan fingerprint density at radius 3 is 3.00 bits per heavy atom. The molecule has 0 bridgehead atoms. The van der Waals surface area contributed by atoms with Crippen LogP contribution in [-0.4, -0.2) is 7.11 Å². The number of halogens is 1. The van der Waals surface area contributed by atoms with E-state index in [4.69, 9.17) is 16.3 Å². The van der Waals surface area contributed by atoms with Gasteiger partial charge in [-0.05, 0) is 11.4 Å². The number of rotatable bonds is 2. The van der Waals surface area contributed by atoms with Crippen molar-refractivity contribution < 1.29 is 4.74 Å². The Hall–Kier alpha value is -0.0500. The molecule has 0 amide bonds. The third-order valence-corrected chi connectivity index (χ3v) is 2.24. The molecular weight excluding hydrogens is 156 g/mol. The van der Waals surface area contributed by atoms with Gasteiger partial charge >= 0.3 is 0 Å². The Bertz CT molecular complexity index is 185. The van der Waals surface area contributed by atoms with Crippen LogP contribution in [0, 0.1) is 0 Å². The van der Waals surface area contributed by atoms with Gasteiger partial charge in [0, 0.05) is 12.7 Å².